The zero-order valence-corrected chi connectivity index (χ0v) is 11.1. The highest BCUT2D eigenvalue weighted by Gasteiger charge is 2.04. The van der Waals surface area contributed by atoms with Crippen molar-refractivity contribution in [2.75, 3.05) is 5.32 Å². The second-order valence-electron chi connectivity index (χ2n) is 4.02. The third kappa shape index (κ3) is 2.92. The van der Waals surface area contributed by atoms with Gasteiger partial charge in [0.2, 0.25) is 5.95 Å². The van der Waals surface area contributed by atoms with Crippen LogP contribution in [0.1, 0.15) is 5.69 Å². The predicted octanol–water partition coefficient (Wildman–Crippen LogP) is 2.79. The summed E-state index contributed by atoms with van der Waals surface area (Å²) in [4.78, 5) is 4.39. The molecular weight excluding hydrogens is 278 g/mol. The molecule has 0 aliphatic heterocycles. The van der Waals surface area contributed by atoms with Gasteiger partial charge in [0.05, 0.1) is 18.4 Å². The van der Waals surface area contributed by atoms with Gasteiger partial charge in [-0.3, -0.25) is 0 Å². The van der Waals surface area contributed by atoms with E-state index in [4.69, 9.17) is 16.1 Å². The lowest BCUT2D eigenvalue weighted by Crippen LogP contribution is -2.05. The number of hydrogen-bond donors (Lipinski definition) is 1. The van der Waals surface area contributed by atoms with E-state index in [1.54, 1.807) is 12.3 Å². The number of hydrogen-bond acceptors (Lipinski definition) is 6. The second kappa shape index (κ2) is 5.66. The van der Waals surface area contributed by atoms with Crippen LogP contribution in [0.5, 0.6) is 0 Å². The van der Waals surface area contributed by atoms with Crippen molar-refractivity contribution in [1.29, 1.82) is 0 Å². The average Bonchev–Trinajstić information content (AvgIpc) is 3.00. The molecule has 100 valence electrons. The molecular formula is C13H10ClN5O. The standard InChI is InChI=1S/C13H10ClN5O/c14-10-3-1-9(2-4-10)12-8-16-18-13(17-12)15-7-11-5-6-20-19-11/h1-6,8H,7H2,(H,15,17,18). The molecule has 0 unspecified atom stereocenters. The molecule has 0 bridgehead atoms. The van der Waals surface area contributed by atoms with E-state index in [0.717, 1.165) is 17.0 Å². The fraction of sp³-hybridized carbons (Fsp3) is 0.0769. The fourth-order valence-corrected chi connectivity index (χ4v) is 1.76. The first-order chi connectivity index (χ1) is 9.81. The predicted molar refractivity (Wildman–Crippen MR) is 74.1 cm³/mol. The van der Waals surface area contributed by atoms with Gasteiger partial charge in [-0.05, 0) is 12.1 Å². The Hall–Kier alpha value is -2.47. The molecule has 1 aromatic carbocycles. The Labute approximate surface area is 119 Å². The highest BCUT2D eigenvalue weighted by molar-refractivity contribution is 6.30. The number of nitrogens with one attached hydrogen (secondary N) is 1. The summed E-state index contributed by atoms with van der Waals surface area (Å²) in [6.07, 6.45) is 3.12. The monoisotopic (exact) mass is 287 g/mol. The van der Waals surface area contributed by atoms with Gasteiger partial charge in [0, 0.05) is 16.7 Å². The van der Waals surface area contributed by atoms with Crippen LogP contribution in [-0.4, -0.2) is 20.3 Å². The average molecular weight is 288 g/mol. The van der Waals surface area contributed by atoms with Crippen LogP contribution in [0.15, 0.2) is 47.3 Å². The molecule has 0 amide bonds. The molecule has 0 spiro atoms. The van der Waals surface area contributed by atoms with Crippen LogP contribution in [0.3, 0.4) is 0 Å². The first kappa shape index (κ1) is 12.6. The Bertz CT molecular complexity index is 684. The molecule has 0 atom stereocenters. The van der Waals surface area contributed by atoms with Crippen LogP contribution in [0.2, 0.25) is 5.02 Å². The van der Waals surface area contributed by atoms with Gasteiger partial charge in [0.15, 0.2) is 0 Å². The number of aromatic nitrogens is 4. The highest BCUT2D eigenvalue weighted by atomic mass is 35.5. The van der Waals surface area contributed by atoms with Gasteiger partial charge in [-0.1, -0.05) is 28.9 Å². The first-order valence-electron chi connectivity index (χ1n) is 5.90. The molecule has 0 saturated heterocycles. The van der Waals surface area contributed by atoms with Crippen LogP contribution in [-0.2, 0) is 6.54 Å². The lowest BCUT2D eigenvalue weighted by Gasteiger charge is -2.04. The van der Waals surface area contributed by atoms with E-state index in [1.807, 2.05) is 24.3 Å². The van der Waals surface area contributed by atoms with Crippen LogP contribution in [0.25, 0.3) is 11.3 Å². The molecule has 0 radical (unpaired) electrons. The smallest absolute Gasteiger partial charge is 0.243 e. The van der Waals surface area contributed by atoms with Crippen molar-refractivity contribution in [3.63, 3.8) is 0 Å². The van der Waals surface area contributed by atoms with E-state index in [2.05, 4.69) is 25.7 Å². The summed E-state index contributed by atoms with van der Waals surface area (Å²) < 4.78 is 4.75. The minimum absolute atomic E-state index is 0.431. The van der Waals surface area contributed by atoms with Crippen molar-refractivity contribution in [2.24, 2.45) is 0 Å². The Morgan fingerprint density at radius 3 is 2.75 bits per heavy atom. The number of benzene rings is 1. The number of anilines is 1. The van der Waals surface area contributed by atoms with Gasteiger partial charge in [-0.25, -0.2) is 4.98 Å². The van der Waals surface area contributed by atoms with Gasteiger partial charge in [-0.2, -0.15) is 5.10 Å². The van der Waals surface area contributed by atoms with E-state index in [0.29, 0.717) is 17.5 Å². The minimum Gasteiger partial charge on any atom is -0.364 e. The largest absolute Gasteiger partial charge is 0.364 e. The van der Waals surface area contributed by atoms with Crippen molar-refractivity contribution >= 4 is 17.5 Å². The Kier molecular flexibility index (Phi) is 3.56. The summed E-state index contributed by atoms with van der Waals surface area (Å²) in [7, 11) is 0. The number of halogens is 1. The Morgan fingerprint density at radius 1 is 1.15 bits per heavy atom. The minimum atomic E-state index is 0.431. The summed E-state index contributed by atoms with van der Waals surface area (Å²) in [5.74, 6) is 0.431. The molecule has 3 rings (SSSR count). The summed E-state index contributed by atoms with van der Waals surface area (Å²) in [5.41, 5.74) is 2.42. The number of nitrogens with zero attached hydrogens (tertiary/aromatic N) is 4. The van der Waals surface area contributed by atoms with E-state index >= 15 is 0 Å². The third-order valence-electron chi connectivity index (χ3n) is 2.62. The fourth-order valence-electron chi connectivity index (χ4n) is 1.64. The molecule has 0 fully saturated rings. The molecule has 6 nitrogen and oxygen atoms in total. The number of rotatable bonds is 4. The first-order valence-corrected chi connectivity index (χ1v) is 6.28. The summed E-state index contributed by atoms with van der Waals surface area (Å²) >= 11 is 5.86. The maximum Gasteiger partial charge on any atom is 0.243 e. The topological polar surface area (TPSA) is 76.7 Å². The van der Waals surface area contributed by atoms with Crippen molar-refractivity contribution in [3.05, 3.63) is 53.5 Å². The van der Waals surface area contributed by atoms with E-state index in [9.17, 15) is 0 Å². The SMILES string of the molecule is Clc1ccc(-c2cnnc(NCc3ccon3)n2)cc1. The molecule has 2 aromatic heterocycles. The Morgan fingerprint density at radius 2 is 2.00 bits per heavy atom. The van der Waals surface area contributed by atoms with Crippen molar-refractivity contribution in [3.8, 4) is 11.3 Å². The molecule has 0 saturated carbocycles. The summed E-state index contributed by atoms with van der Waals surface area (Å²) in [6, 6.07) is 9.15. The lowest BCUT2D eigenvalue weighted by atomic mass is 10.2. The van der Waals surface area contributed by atoms with Gasteiger partial charge in [0.25, 0.3) is 0 Å². The molecule has 0 aliphatic carbocycles. The van der Waals surface area contributed by atoms with E-state index in [1.165, 1.54) is 6.26 Å². The summed E-state index contributed by atoms with van der Waals surface area (Å²) in [6.45, 7) is 0.474. The zero-order valence-electron chi connectivity index (χ0n) is 10.3. The molecule has 7 heteroatoms. The summed E-state index contributed by atoms with van der Waals surface area (Å²) in [5, 5.41) is 15.4. The maximum absolute atomic E-state index is 5.86. The highest BCUT2D eigenvalue weighted by Crippen LogP contribution is 2.19. The second-order valence-corrected chi connectivity index (χ2v) is 4.45. The van der Waals surface area contributed by atoms with Gasteiger partial charge >= 0.3 is 0 Å². The quantitative estimate of drug-likeness (QED) is 0.795. The normalized spacial score (nSPS) is 10.4. The van der Waals surface area contributed by atoms with Crippen LogP contribution >= 0.6 is 11.6 Å². The molecule has 1 N–H and O–H groups in total. The van der Waals surface area contributed by atoms with Gasteiger partial charge in [-0.15, -0.1) is 5.10 Å². The zero-order chi connectivity index (χ0) is 13.8. The van der Waals surface area contributed by atoms with Crippen molar-refractivity contribution in [1.82, 2.24) is 20.3 Å². The van der Waals surface area contributed by atoms with E-state index in [-0.39, 0.29) is 0 Å². The third-order valence-corrected chi connectivity index (χ3v) is 2.87. The van der Waals surface area contributed by atoms with Gasteiger partial charge in [0.1, 0.15) is 12.0 Å². The molecule has 0 aliphatic rings. The van der Waals surface area contributed by atoms with Crippen LogP contribution in [0, 0.1) is 0 Å². The maximum atomic E-state index is 5.86. The molecule has 2 heterocycles. The van der Waals surface area contributed by atoms with Crippen LogP contribution in [0.4, 0.5) is 5.95 Å². The van der Waals surface area contributed by atoms with E-state index < -0.39 is 0 Å². The lowest BCUT2D eigenvalue weighted by molar-refractivity contribution is 0.412. The molecule has 20 heavy (non-hydrogen) atoms. The van der Waals surface area contributed by atoms with Crippen molar-refractivity contribution < 1.29 is 4.52 Å². The van der Waals surface area contributed by atoms with Crippen molar-refractivity contribution in [2.45, 2.75) is 6.54 Å². The molecule has 3 aromatic rings. The van der Waals surface area contributed by atoms with Crippen LogP contribution < -0.4 is 5.32 Å². The Balaban J connectivity index is 1.77. The van der Waals surface area contributed by atoms with Gasteiger partial charge < -0.3 is 9.84 Å².